The molecule has 4 nitrogen and oxygen atoms in total. The van der Waals surface area contributed by atoms with Crippen LogP contribution in [0.1, 0.15) is 23.7 Å². The van der Waals surface area contributed by atoms with Gasteiger partial charge in [-0.15, -0.1) is 0 Å². The summed E-state index contributed by atoms with van der Waals surface area (Å²) in [7, 11) is 0. The Hall–Kier alpha value is -1.94. The molecule has 0 amide bonds. The first kappa shape index (κ1) is 13.5. The van der Waals surface area contributed by atoms with Crippen LogP contribution >= 0.6 is 0 Å². The van der Waals surface area contributed by atoms with E-state index in [1.54, 1.807) is 6.20 Å². The number of para-hydroxylation sites is 1. The summed E-state index contributed by atoms with van der Waals surface area (Å²) in [6.45, 7) is 6.81. The highest BCUT2D eigenvalue weighted by atomic mass is 16.3. The van der Waals surface area contributed by atoms with Gasteiger partial charge in [0.05, 0.1) is 6.61 Å². The molecule has 1 aromatic heterocycles. The number of aliphatic hydroxyl groups is 1. The third-order valence-electron chi connectivity index (χ3n) is 3.20. The molecule has 0 fully saturated rings. The molecule has 0 aliphatic heterocycles. The van der Waals surface area contributed by atoms with Crippen molar-refractivity contribution >= 4 is 11.6 Å². The average molecular weight is 257 g/mol. The molecule has 0 bridgehead atoms. The summed E-state index contributed by atoms with van der Waals surface area (Å²) < 4.78 is 0. The Morgan fingerprint density at radius 2 is 1.95 bits per heavy atom. The fourth-order valence-electron chi connectivity index (χ4n) is 2.05. The molecule has 0 aliphatic rings. The van der Waals surface area contributed by atoms with Crippen LogP contribution < -0.4 is 4.90 Å². The summed E-state index contributed by atoms with van der Waals surface area (Å²) in [5.74, 6) is 0.673. The van der Waals surface area contributed by atoms with Crippen LogP contribution in [0.3, 0.4) is 0 Å². The van der Waals surface area contributed by atoms with Gasteiger partial charge in [0.1, 0.15) is 0 Å². The van der Waals surface area contributed by atoms with Crippen molar-refractivity contribution in [3.63, 3.8) is 0 Å². The van der Waals surface area contributed by atoms with E-state index in [9.17, 15) is 5.11 Å². The van der Waals surface area contributed by atoms with Gasteiger partial charge < -0.3 is 10.0 Å². The van der Waals surface area contributed by atoms with Crippen LogP contribution in [0, 0.1) is 13.8 Å². The molecular weight excluding hydrogens is 238 g/mol. The lowest BCUT2D eigenvalue weighted by Gasteiger charge is -2.23. The summed E-state index contributed by atoms with van der Waals surface area (Å²) in [6, 6.07) is 8.18. The molecule has 19 heavy (non-hydrogen) atoms. The van der Waals surface area contributed by atoms with Gasteiger partial charge >= 0.3 is 0 Å². The molecular formula is C15H19N3O. The zero-order valence-corrected chi connectivity index (χ0v) is 11.6. The SMILES string of the molecule is CCN(c1ncc(CO)c(C)n1)c1ccccc1C. The minimum atomic E-state index is -0.0252. The molecule has 2 rings (SSSR count). The van der Waals surface area contributed by atoms with E-state index in [2.05, 4.69) is 40.8 Å². The van der Waals surface area contributed by atoms with Crippen molar-refractivity contribution in [3.05, 3.63) is 47.3 Å². The topological polar surface area (TPSA) is 49.2 Å². The second-order valence-corrected chi connectivity index (χ2v) is 4.47. The second-order valence-electron chi connectivity index (χ2n) is 4.47. The normalized spacial score (nSPS) is 10.5. The Kier molecular flexibility index (Phi) is 4.12. The molecule has 1 heterocycles. The summed E-state index contributed by atoms with van der Waals surface area (Å²) in [6.07, 6.45) is 1.69. The number of aromatic nitrogens is 2. The summed E-state index contributed by atoms with van der Waals surface area (Å²) in [4.78, 5) is 10.9. The summed E-state index contributed by atoms with van der Waals surface area (Å²) in [5.41, 5.74) is 3.89. The standard InChI is InChI=1S/C15H19N3O/c1-4-18(14-8-6-5-7-11(14)2)15-16-9-13(10-19)12(3)17-15/h5-9,19H,4,10H2,1-3H3. The van der Waals surface area contributed by atoms with Crippen LogP contribution in [0.25, 0.3) is 0 Å². The van der Waals surface area contributed by atoms with E-state index in [4.69, 9.17) is 0 Å². The molecule has 1 N–H and O–H groups in total. The van der Waals surface area contributed by atoms with Crippen LogP contribution in [0.4, 0.5) is 11.6 Å². The predicted molar refractivity (Wildman–Crippen MR) is 76.6 cm³/mol. The van der Waals surface area contributed by atoms with Crippen molar-refractivity contribution < 1.29 is 5.11 Å². The lowest BCUT2D eigenvalue weighted by Crippen LogP contribution is -2.20. The molecule has 0 atom stereocenters. The number of aryl methyl sites for hydroxylation is 2. The third kappa shape index (κ3) is 2.74. The number of hydrogen-bond donors (Lipinski definition) is 1. The van der Waals surface area contributed by atoms with E-state index < -0.39 is 0 Å². The minimum absolute atomic E-state index is 0.0252. The molecule has 4 heteroatoms. The van der Waals surface area contributed by atoms with Crippen LogP contribution in [-0.4, -0.2) is 21.6 Å². The van der Waals surface area contributed by atoms with Gasteiger partial charge in [-0.05, 0) is 32.4 Å². The molecule has 1 aromatic carbocycles. The molecule has 0 radical (unpaired) electrons. The minimum Gasteiger partial charge on any atom is -0.392 e. The van der Waals surface area contributed by atoms with E-state index in [1.807, 2.05) is 19.1 Å². The highest BCUT2D eigenvalue weighted by molar-refractivity contribution is 5.61. The number of nitrogens with zero attached hydrogens (tertiary/aromatic N) is 3. The largest absolute Gasteiger partial charge is 0.392 e. The number of aliphatic hydroxyl groups excluding tert-OH is 1. The van der Waals surface area contributed by atoms with E-state index in [0.29, 0.717) is 5.95 Å². The Labute approximate surface area is 113 Å². The zero-order valence-electron chi connectivity index (χ0n) is 11.6. The Bertz CT molecular complexity index is 569. The maximum atomic E-state index is 9.17. The monoisotopic (exact) mass is 257 g/mol. The fourth-order valence-corrected chi connectivity index (χ4v) is 2.05. The van der Waals surface area contributed by atoms with Gasteiger partial charge in [-0.1, -0.05) is 18.2 Å². The van der Waals surface area contributed by atoms with Crippen LogP contribution in [0.2, 0.25) is 0 Å². The summed E-state index contributed by atoms with van der Waals surface area (Å²) >= 11 is 0. The molecule has 100 valence electrons. The lowest BCUT2D eigenvalue weighted by atomic mass is 10.2. The Balaban J connectivity index is 2.43. The van der Waals surface area contributed by atoms with E-state index in [1.165, 1.54) is 5.56 Å². The first-order chi connectivity index (χ1) is 9.17. The van der Waals surface area contributed by atoms with Crippen molar-refractivity contribution in [2.24, 2.45) is 0 Å². The predicted octanol–water partition coefficient (Wildman–Crippen LogP) is 2.74. The molecule has 0 spiro atoms. The van der Waals surface area contributed by atoms with Gasteiger partial charge in [-0.25, -0.2) is 9.97 Å². The van der Waals surface area contributed by atoms with Crippen LogP contribution in [-0.2, 0) is 6.61 Å². The molecule has 0 saturated heterocycles. The van der Waals surface area contributed by atoms with Crippen molar-refractivity contribution in [2.75, 3.05) is 11.4 Å². The van der Waals surface area contributed by atoms with Gasteiger partial charge in [-0.2, -0.15) is 0 Å². The number of hydrogen-bond acceptors (Lipinski definition) is 4. The number of benzene rings is 1. The fraction of sp³-hybridized carbons (Fsp3) is 0.333. The van der Waals surface area contributed by atoms with Crippen LogP contribution in [0.15, 0.2) is 30.5 Å². The van der Waals surface area contributed by atoms with Crippen LogP contribution in [0.5, 0.6) is 0 Å². The first-order valence-electron chi connectivity index (χ1n) is 6.44. The van der Waals surface area contributed by atoms with Gasteiger partial charge in [-0.3, -0.25) is 0 Å². The zero-order chi connectivity index (χ0) is 13.8. The smallest absolute Gasteiger partial charge is 0.230 e. The highest BCUT2D eigenvalue weighted by Gasteiger charge is 2.13. The van der Waals surface area contributed by atoms with E-state index in [0.717, 1.165) is 23.5 Å². The highest BCUT2D eigenvalue weighted by Crippen LogP contribution is 2.25. The second kappa shape index (κ2) is 5.80. The maximum absolute atomic E-state index is 9.17. The Morgan fingerprint density at radius 3 is 2.53 bits per heavy atom. The van der Waals surface area contributed by atoms with Crippen molar-refractivity contribution in [1.29, 1.82) is 0 Å². The van der Waals surface area contributed by atoms with Crippen molar-refractivity contribution in [3.8, 4) is 0 Å². The van der Waals surface area contributed by atoms with E-state index in [-0.39, 0.29) is 6.61 Å². The lowest BCUT2D eigenvalue weighted by molar-refractivity contribution is 0.280. The maximum Gasteiger partial charge on any atom is 0.230 e. The number of rotatable bonds is 4. The third-order valence-corrected chi connectivity index (χ3v) is 3.20. The summed E-state index contributed by atoms with van der Waals surface area (Å²) in [5, 5.41) is 9.17. The molecule has 0 unspecified atom stereocenters. The average Bonchev–Trinajstić information content (AvgIpc) is 2.42. The van der Waals surface area contributed by atoms with Crippen molar-refractivity contribution in [1.82, 2.24) is 9.97 Å². The van der Waals surface area contributed by atoms with Gasteiger partial charge in [0.25, 0.3) is 0 Å². The van der Waals surface area contributed by atoms with Gasteiger partial charge in [0.2, 0.25) is 5.95 Å². The van der Waals surface area contributed by atoms with E-state index >= 15 is 0 Å². The quantitative estimate of drug-likeness (QED) is 0.915. The molecule has 0 saturated carbocycles. The number of anilines is 2. The Morgan fingerprint density at radius 1 is 1.21 bits per heavy atom. The van der Waals surface area contributed by atoms with Gasteiger partial charge in [0.15, 0.2) is 0 Å². The first-order valence-corrected chi connectivity index (χ1v) is 6.44. The van der Waals surface area contributed by atoms with Crippen molar-refractivity contribution in [2.45, 2.75) is 27.4 Å². The molecule has 0 aliphatic carbocycles. The van der Waals surface area contributed by atoms with Gasteiger partial charge in [0, 0.05) is 29.7 Å². The molecule has 2 aromatic rings.